The first-order valence-electron chi connectivity index (χ1n) is 10.7. The van der Waals surface area contributed by atoms with Gasteiger partial charge in [-0.25, -0.2) is 10.9 Å². The molecule has 5 N–H and O–H groups in total. The highest BCUT2D eigenvalue weighted by Crippen LogP contribution is 2.34. The second-order valence-electron chi connectivity index (χ2n) is 7.93. The summed E-state index contributed by atoms with van der Waals surface area (Å²) in [4.78, 5) is 38.6. The number of hydrogen-bond acceptors (Lipinski definition) is 7. The number of piperidine rings is 1. The molecule has 2 heterocycles. The molecule has 2 aliphatic heterocycles. The van der Waals surface area contributed by atoms with Gasteiger partial charge in [0.25, 0.3) is 11.8 Å². The topological polar surface area (TPSA) is 141 Å². The minimum Gasteiger partial charge on any atom is -0.489 e. The molecule has 0 spiro atoms. The van der Waals surface area contributed by atoms with Crippen LogP contribution in [-0.4, -0.2) is 46.7 Å². The SMILES string of the molecule is N=CNCNCc1ccc(COc2cccc3c2CN(C2CCC(=O)N(N)C2=O)C3=O)cc1. The molecule has 0 radical (unpaired) electrons. The highest BCUT2D eigenvalue weighted by Gasteiger charge is 2.42. The number of carbonyl (C=O) groups is 3. The fourth-order valence-corrected chi connectivity index (χ4v) is 4.03. The largest absolute Gasteiger partial charge is 0.489 e. The van der Waals surface area contributed by atoms with Gasteiger partial charge < -0.3 is 15.0 Å². The Morgan fingerprint density at radius 2 is 1.88 bits per heavy atom. The van der Waals surface area contributed by atoms with E-state index in [1.54, 1.807) is 12.1 Å². The Labute approximate surface area is 191 Å². The highest BCUT2D eigenvalue weighted by atomic mass is 16.5. The number of nitrogens with two attached hydrogens (primary N) is 1. The molecule has 0 aliphatic carbocycles. The van der Waals surface area contributed by atoms with Crippen molar-refractivity contribution in [2.45, 2.75) is 38.6 Å². The van der Waals surface area contributed by atoms with Gasteiger partial charge >= 0.3 is 0 Å². The molecule has 0 bridgehead atoms. The number of benzene rings is 2. The molecular weight excluding hydrogens is 424 g/mol. The van der Waals surface area contributed by atoms with Gasteiger partial charge in [0.1, 0.15) is 18.4 Å². The van der Waals surface area contributed by atoms with Crippen LogP contribution >= 0.6 is 0 Å². The number of amides is 3. The predicted molar refractivity (Wildman–Crippen MR) is 120 cm³/mol. The minimum atomic E-state index is -0.754. The lowest BCUT2D eigenvalue weighted by molar-refractivity contribution is -0.152. The lowest BCUT2D eigenvalue weighted by Gasteiger charge is -2.33. The van der Waals surface area contributed by atoms with Crippen molar-refractivity contribution in [1.29, 1.82) is 5.41 Å². The fourth-order valence-electron chi connectivity index (χ4n) is 4.03. The van der Waals surface area contributed by atoms with Crippen LogP contribution in [-0.2, 0) is 29.3 Å². The van der Waals surface area contributed by atoms with Gasteiger partial charge in [-0.3, -0.25) is 25.1 Å². The Bertz CT molecular complexity index is 1070. The van der Waals surface area contributed by atoms with Gasteiger partial charge in [0.05, 0.1) is 19.6 Å². The molecule has 1 saturated heterocycles. The maximum atomic E-state index is 13.0. The molecule has 2 aromatic carbocycles. The molecule has 0 saturated carbocycles. The third-order valence-corrected chi connectivity index (χ3v) is 5.83. The zero-order valence-electron chi connectivity index (χ0n) is 18.0. The van der Waals surface area contributed by atoms with E-state index in [2.05, 4.69) is 10.6 Å². The maximum absolute atomic E-state index is 13.0. The van der Waals surface area contributed by atoms with Crippen molar-refractivity contribution in [3.8, 4) is 5.75 Å². The Hall–Kier alpha value is -3.76. The molecule has 0 aromatic heterocycles. The molecule has 2 aliphatic rings. The summed E-state index contributed by atoms with van der Waals surface area (Å²) in [6.07, 6.45) is 1.53. The molecule has 1 atom stereocenters. The first-order valence-corrected chi connectivity index (χ1v) is 10.7. The van der Waals surface area contributed by atoms with Crippen molar-refractivity contribution in [2.75, 3.05) is 6.67 Å². The molecule has 33 heavy (non-hydrogen) atoms. The number of ether oxygens (including phenoxy) is 1. The van der Waals surface area contributed by atoms with E-state index >= 15 is 0 Å². The summed E-state index contributed by atoms with van der Waals surface area (Å²) in [6.45, 7) is 1.77. The van der Waals surface area contributed by atoms with Crippen molar-refractivity contribution >= 4 is 24.1 Å². The van der Waals surface area contributed by atoms with Crippen molar-refractivity contribution in [3.63, 3.8) is 0 Å². The van der Waals surface area contributed by atoms with E-state index in [0.717, 1.165) is 23.0 Å². The average Bonchev–Trinajstić information content (AvgIpc) is 3.17. The number of carbonyl (C=O) groups excluding carboxylic acids is 3. The van der Waals surface area contributed by atoms with E-state index in [-0.39, 0.29) is 25.3 Å². The quantitative estimate of drug-likeness (QED) is 0.0844. The van der Waals surface area contributed by atoms with Crippen LogP contribution in [0.5, 0.6) is 5.75 Å². The summed E-state index contributed by atoms with van der Waals surface area (Å²) in [7, 11) is 0. The smallest absolute Gasteiger partial charge is 0.266 e. The monoisotopic (exact) mass is 450 g/mol. The summed E-state index contributed by atoms with van der Waals surface area (Å²) in [6, 6.07) is 12.5. The van der Waals surface area contributed by atoms with Crippen LogP contribution in [0.3, 0.4) is 0 Å². The van der Waals surface area contributed by atoms with Gasteiger partial charge in [-0.1, -0.05) is 30.3 Å². The normalized spacial score (nSPS) is 17.8. The number of nitrogens with zero attached hydrogens (tertiary/aromatic N) is 2. The molecule has 4 rings (SSSR count). The van der Waals surface area contributed by atoms with E-state index < -0.39 is 17.9 Å². The van der Waals surface area contributed by atoms with Crippen molar-refractivity contribution in [2.24, 2.45) is 5.84 Å². The van der Waals surface area contributed by atoms with Gasteiger partial charge in [-0.2, -0.15) is 0 Å². The van der Waals surface area contributed by atoms with Gasteiger partial charge in [0.2, 0.25) is 5.91 Å². The van der Waals surface area contributed by atoms with Crippen LogP contribution in [0.15, 0.2) is 42.5 Å². The van der Waals surface area contributed by atoms with Gasteiger partial charge in [0.15, 0.2) is 0 Å². The zero-order chi connectivity index (χ0) is 23.4. The second kappa shape index (κ2) is 9.80. The molecule has 2 aromatic rings. The van der Waals surface area contributed by atoms with Gasteiger partial charge in [-0.15, -0.1) is 0 Å². The number of fused-ring (bicyclic) bond motifs is 1. The fraction of sp³-hybridized carbons (Fsp3) is 0.304. The zero-order valence-corrected chi connectivity index (χ0v) is 18.0. The Morgan fingerprint density at radius 1 is 1.12 bits per heavy atom. The first kappa shape index (κ1) is 22.4. The van der Waals surface area contributed by atoms with Crippen LogP contribution in [0.2, 0.25) is 0 Å². The van der Waals surface area contributed by atoms with Crippen LogP contribution < -0.4 is 21.2 Å². The lowest BCUT2D eigenvalue weighted by Crippen LogP contribution is -2.57. The molecule has 172 valence electrons. The van der Waals surface area contributed by atoms with Gasteiger partial charge in [-0.05, 0) is 29.7 Å². The number of imide groups is 1. The Kier molecular flexibility index (Phi) is 6.66. The number of hydrogen-bond donors (Lipinski definition) is 4. The molecule has 3 amide bonds. The van der Waals surface area contributed by atoms with Crippen LogP contribution in [0.4, 0.5) is 0 Å². The summed E-state index contributed by atoms with van der Waals surface area (Å²) < 4.78 is 6.03. The molecule has 1 fully saturated rings. The molecule has 10 heteroatoms. The van der Waals surface area contributed by atoms with Crippen molar-refractivity contribution in [3.05, 3.63) is 64.7 Å². The maximum Gasteiger partial charge on any atom is 0.266 e. The van der Waals surface area contributed by atoms with Crippen LogP contribution in [0.1, 0.15) is 39.9 Å². The van der Waals surface area contributed by atoms with Crippen molar-refractivity contribution < 1.29 is 19.1 Å². The molecule has 1 unspecified atom stereocenters. The Morgan fingerprint density at radius 3 is 2.64 bits per heavy atom. The number of hydrazine groups is 1. The average molecular weight is 450 g/mol. The number of nitrogens with one attached hydrogen (secondary N) is 3. The van der Waals surface area contributed by atoms with E-state index in [0.29, 0.717) is 36.1 Å². The first-order chi connectivity index (χ1) is 16.0. The van der Waals surface area contributed by atoms with Crippen LogP contribution in [0.25, 0.3) is 0 Å². The Balaban J connectivity index is 1.40. The third kappa shape index (κ3) is 4.71. The molecule has 10 nitrogen and oxygen atoms in total. The van der Waals surface area contributed by atoms with E-state index in [4.69, 9.17) is 16.0 Å². The van der Waals surface area contributed by atoms with E-state index in [1.165, 1.54) is 4.90 Å². The standard InChI is InChI=1S/C23H26N6O4/c24-13-27-14-26-10-15-4-6-16(7-5-15)12-33-20-3-1-2-17-18(20)11-28(22(17)31)19-8-9-21(30)29(25)23(19)32/h1-7,13,19,26H,8-12,14,25H2,(H2,24,27). The van der Waals surface area contributed by atoms with Crippen LogP contribution in [0, 0.1) is 5.41 Å². The predicted octanol–water partition coefficient (Wildman–Crippen LogP) is 0.856. The number of rotatable bonds is 9. The second-order valence-corrected chi connectivity index (χ2v) is 7.93. The van der Waals surface area contributed by atoms with Crippen molar-refractivity contribution in [1.82, 2.24) is 20.5 Å². The lowest BCUT2D eigenvalue weighted by atomic mass is 10.0. The summed E-state index contributed by atoms with van der Waals surface area (Å²) in [5, 5.41) is 13.5. The third-order valence-electron chi connectivity index (χ3n) is 5.83. The minimum absolute atomic E-state index is 0.126. The summed E-state index contributed by atoms with van der Waals surface area (Å²) >= 11 is 0. The summed E-state index contributed by atoms with van der Waals surface area (Å²) in [5.41, 5.74) is 3.32. The van der Waals surface area contributed by atoms with E-state index in [9.17, 15) is 14.4 Å². The highest BCUT2D eigenvalue weighted by molar-refractivity contribution is 6.05. The van der Waals surface area contributed by atoms with E-state index in [1.807, 2.05) is 30.3 Å². The van der Waals surface area contributed by atoms with Gasteiger partial charge in [0, 0.05) is 24.1 Å². The summed E-state index contributed by atoms with van der Waals surface area (Å²) in [5.74, 6) is 4.92. The molecular formula is C23H26N6O4.